The molecule has 2 aliphatic heterocycles. The first-order valence-corrected chi connectivity index (χ1v) is 12.4. The third-order valence-corrected chi connectivity index (χ3v) is 8.01. The summed E-state index contributed by atoms with van der Waals surface area (Å²) in [5.74, 6) is 1.36. The van der Waals surface area contributed by atoms with Gasteiger partial charge in [-0.1, -0.05) is 0 Å². The van der Waals surface area contributed by atoms with Crippen molar-refractivity contribution in [2.75, 3.05) is 44.2 Å². The Morgan fingerprint density at radius 2 is 1.48 bits per heavy atom. The Morgan fingerprint density at radius 1 is 0.818 bits per heavy atom. The van der Waals surface area contributed by atoms with Gasteiger partial charge in [0.15, 0.2) is 11.6 Å². The van der Waals surface area contributed by atoms with Gasteiger partial charge in [0.25, 0.3) is 5.91 Å². The van der Waals surface area contributed by atoms with Crippen molar-refractivity contribution in [3.8, 4) is 5.82 Å². The summed E-state index contributed by atoms with van der Waals surface area (Å²) in [4.78, 5) is 21.1. The minimum absolute atomic E-state index is 0.0960. The molecule has 172 valence electrons. The van der Waals surface area contributed by atoms with E-state index in [9.17, 15) is 13.2 Å². The van der Waals surface area contributed by atoms with Crippen molar-refractivity contribution in [2.45, 2.75) is 17.7 Å². The van der Waals surface area contributed by atoms with E-state index in [1.54, 1.807) is 34.1 Å². The molecule has 0 radical (unpaired) electrons. The van der Waals surface area contributed by atoms with E-state index in [2.05, 4.69) is 20.1 Å². The van der Waals surface area contributed by atoms with E-state index in [-0.39, 0.29) is 10.8 Å². The van der Waals surface area contributed by atoms with Crippen LogP contribution in [0.25, 0.3) is 5.82 Å². The van der Waals surface area contributed by atoms with Crippen molar-refractivity contribution >= 4 is 21.7 Å². The molecular weight excluding hydrogens is 442 g/mol. The van der Waals surface area contributed by atoms with Crippen LogP contribution in [0.1, 0.15) is 23.2 Å². The number of rotatable bonds is 5. The summed E-state index contributed by atoms with van der Waals surface area (Å²) in [7, 11) is -3.48. The number of imidazole rings is 1. The lowest BCUT2D eigenvalue weighted by Gasteiger charge is -2.35. The van der Waals surface area contributed by atoms with Crippen LogP contribution in [-0.2, 0) is 10.0 Å². The van der Waals surface area contributed by atoms with Crippen molar-refractivity contribution < 1.29 is 13.2 Å². The average Bonchev–Trinajstić information content (AvgIpc) is 3.59. The summed E-state index contributed by atoms with van der Waals surface area (Å²) >= 11 is 0. The van der Waals surface area contributed by atoms with Gasteiger partial charge >= 0.3 is 0 Å². The molecule has 0 atom stereocenters. The number of sulfonamides is 1. The van der Waals surface area contributed by atoms with Crippen LogP contribution in [0.5, 0.6) is 0 Å². The Labute approximate surface area is 192 Å². The van der Waals surface area contributed by atoms with Crippen molar-refractivity contribution in [3.63, 3.8) is 0 Å². The zero-order valence-electron chi connectivity index (χ0n) is 18.1. The fraction of sp³-hybridized carbons (Fsp3) is 0.364. The minimum Gasteiger partial charge on any atom is -0.352 e. The molecule has 5 rings (SSSR count). The quantitative estimate of drug-likeness (QED) is 0.559. The van der Waals surface area contributed by atoms with Gasteiger partial charge in [0, 0.05) is 57.2 Å². The third-order valence-electron chi connectivity index (χ3n) is 6.10. The molecule has 0 N–H and O–H groups in total. The van der Waals surface area contributed by atoms with Gasteiger partial charge in [0.05, 0.1) is 4.90 Å². The van der Waals surface area contributed by atoms with Crippen molar-refractivity contribution in [2.24, 2.45) is 0 Å². The van der Waals surface area contributed by atoms with E-state index in [0.717, 1.165) is 18.7 Å². The second-order valence-corrected chi connectivity index (χ2v) is 10.1. The Balaban J connectivity index is 1.20. The number of benzene rings is 1. The normalized spacial score (nSPS) is 17.5. The standard InChI is InChI=1S/C22H25N7O3S/c30-22(18-3-5-19(6-4-18)33(31,32)29-10-1-2-11-29)27-15-13-26(14-16-27)20-7-8-21(25-24-20)28-12-9-23-17-28/h3-9,12,17H,1-2,10-11,13-16H2. The maximum absolute atomic E-state index is 12.9. The molecule has 2 saturated heterocycles. The molecule has 0 saturated carbocycles. The summed E-state index contributed by atoms with van der Waals surface area (Å²) in [5.41, 5.74) is 0.494. The summed E-state index contributed by atoms with van der Waals surface area (Å²) in [6.45, 7) is 3.52. The molecular formula is C22H25N7O3S. The van der Waals surface area contributed by atoms with Crippen molar-refractivity contribution in [3.05, 3.63) is 60.7 Å². The van der Waals surface area contributed by atoms with Gasteiger partial charge in [-0.3, -0.25) is 9.36 Å². The van der Waals surface area contributed by atoms with Crippen LogP contribution in [0.3, 0.4) is 0 Å². The molecule has 0 aliphatic carbocycles. The Bertz CT molecular complexity index is 1200. The predicted molar refractivity (Wildman–Crippen MR) is 122 cm³/mol. The number of carbonyl (C=O) groups is 1. The number of carbonyl (C=O) groups excluding carboxylic acids is 1. The van der Waals surface area contributed by atoms with E-state index in [0.29, 0.717) is 50.6 Å². The highest BCUT2D eigenvalue weighted by Crippen LogP contribution is 2.22. The molecule has 4 heterocycles. The molecule has 0 spiro atoms. The molecule has 1 amide bonds. The molecule has 11 heteroatoms. The zero-order chi connectivity index (χ0) is 22.8. The number of nitrogens with zero attached hydrogens (tertiary/aromatic N) is 7. The molecule has 2 aliphatic rings. The van der Waals surface area contributed by atoms with E-state index in [4.69, 9.17) is 0 Å². The van der Waals surface area contributed by atoms with E-state index >= 15 is 0 Å². The van der Waals surface area contributed by atoms with Gasteiger partial charge in [-0.25, -0.2) is 13.4 Å². The number of piperazine rings is 1. The summed E-state index contributed by atoms with van der Waals surface area (Å²) in [5, 5.41) is 8.57. The number of aromatic nitrogens is 4. The predicted octanol–water partition coefficient (Wildman–Crippen LogP) is 1.41. The van der Waals surface area contributed by atoms with Gasteiger partial charge in [-0.2, -0.15) is 4.31 Å². The lowest BCUT2D eigenvalue weighted by Crippen LogP contribution is -2.49. The van der Waals surface area contributed by atoms with Gasteiger partial charge in [0.1, 0.15) is 6.33 Å². The maximum atomic E-state index is 12.9. The number of hydrogen-bond donors (Lipinski definition) is 0. The highest BCUT2D eigenvalue weighted by atomic mass is 32.2. The first kappa shape index (κ1) is 21.5. The minimum atomic E-state index is -3.48. The lowest BCUT2D eigenvalue weighted by molar-refractivity contribution is 0.0746. The van der Waals surface area contributed by atoms with Crippen LogP contribution in [0.4, 0.5) is 5.82 Å². The Hall–Kier alpha value is -3.31. The lowest BCUT2D eigenvalue weighted by atomic mass is 10.2. The average molecular weight is 468 g/mol. The summed E-state index contributed by atoms with van der Waals surface area (Å²) < 4.78 is 28.7. The second kappa shape index (κ2) is 8.91. The Morgan fingerprint density at radius 3 is 2.09 bits per heavy atom. The molecule has 3 aromatic rings. The molecule has 0 bridgehead atoms. The Kier molecular flexibility index (Phi) is 5.81. The van der Waals surface area contributed by atoms with E-state index in [1.165, 1.54) is 16.4 Å². The highest BCUT2D eigenvalue weighted by molar-refractivity contribution is 7.89. The van der Waals surface area contributed by atoms with Crippen molar-refractivity contribution in [1.29, 1.82) is 0 Å². The fourth-order valence-corrected chi connectivity index (χ4v) is 5.70. The topological polar surface area (TPSA) is 105 Å². The zero-order valence-corrected chi connectivity index (χ0v) is 18.9. The van der Waals surface area contributed by atoms with Crippen LogP contribution in [0, 0.1) is 0 Å². The maximum Gasteiger partial charge on any atom is 0.253 e. The molecule has 10 nitrogen and oxygen atoms in total. The largest absolute Gasteiger partial charge is 0.352 e. The summed E-state index contributed by atoms with van der Waals surface area (Å²) in [6.07, 6.45) is 6.95. The highest BCUT2D eigenvalue weighted by Gasteiger charge is 2.28. The first-order valence-electron chi connectivity index (χ1n) is 11.0. The molecule has 2 aromatic heterocycles. The van der Waals surface area contributed by atoms with Crippen LogP contribution in [0.15, 0.2) is 60.0 Å². The van der Waals surface area contributed by atoms with Crippen LogP contribution in [0.2, 0.25) is 0 Å². The second-order valence-electron chi connectivity index (χ2n) is 8.13. The monoisotopic (exact) mass is 467 g/mol. The van der Waals surface area contributed by atoms with Gasteiger partial charge in [0.2, 0.25) is 10.0 Å². The SMILES string of the molecule is O=C(c1ccc(S(=O)(=O)N2CCCC2)cc1)N1CCN(c2ccc(-n3ccnc3)nn2)CC1. The molecule has 0 unspecified atom stereocenters. The first-order chi connectivity index (χ1) is 16.0. The van der Waals surface area contributed by atoms with Crippen LogP contribution < -0.4 is 4.90 Å². The van der Waals surface area contributed by atoms with Crippen LogP contribution >= 0.6 is 0 Å². The van der Waals surface area contributed by atoms with Gasteiger partial charge < -0.3 is 9.80 Å². The van der Waals surface area contributed by atoms with Crippen molar-refractivity contribution in [1.82, 2.24) is 29.0 Å². The smallest absolute Gasteiger partial charge is 0.253 e. The van der Waals surface area contributed by atoms with Gasteiger partial charge in [-0.15, -0.1) is 10.2 Å². The third kappa shape index (κ3) is 4.33. The number of anilines is 1. The molecule has 1 aromatic carbocycles. The summed E-state index contributed by atoms with van der Waals surface area (Å²) in [6, 6.07) is 10.1. The fourth-order valence-electron chi connectivity index (χ4n) is 4.19. The van der Waals surface area contributed by atoms with Gasteiger partial charge in [-0.05, 0) is 49.2 Å². The molecule has 2 fully saturated rings. The number of hydrogen-bond acceptors (Lipinski definition) is 7. The van der Waals surface area contributed by atoms with E-state index in [1.807, 2.05) is 18.3 Å². The van der Waals surface area contributed by atoms with Crippen LogP contribution in [-0.4, -0.2) is 82.5 Å². The van der Waals surface area contributed by atoms with E-state index < -0.39 is 10.0 Å². The number of amides is 1. The molecule has 33 heavy (non-hydrogen) atoms.